The standard InChI is InChI=1S/C23H23NO4/c1-12-3-7-14(8-4-12)24-22(26)18-16-11-17-19(18)23(24,28-21(17)20(16)25)13-5-9-15(27-2)10-6-13/h3-10,16-21,25H,11H2,1-2H3. The van der Waals surface area contributed by atoms with Gasteiger partial charge in [-0.25, -0.2) is 0 Å². The molecule has 28 heavy (non-hydrogen) atoms. The monoisotopic (exact) mass is 377 g/mol. The molecule has 2 saturated heterocycles. The first-order valence-corrected chi connectivity index (χ1v) is 9.97. The van der Waals surface area contributed by atoms with Crippen LogP contribution in [0.1, 0.15) is 17.5 Å². The summed E-state index contributed by atoms with van der Waals surface area (Å²) in [5.74, 6) is 0.979. The maximum Gasteiger partial charge on any atom is 0.233 e. The third kappa shape index (κ3) is 1.77. The van der Waals surface area contributed by atoms with Gasteiger partial charge in [0.15, 0.2) is 5.72 Å². The van der Waals surface area contributed by atoms with Crippen molar-refractivity contribution in [3.63, 3.8) is 0 Å². The van der Waals surface area contributed by atoms with Gasteiger partial charge in [0.05, 0.1) is 25.2 Å². The Morgan fingerprint density at radius 3 is 2.50 bits per heavy atom. The number of ether oxygens (including phenoxy) is 2. The van der Waals surface area contributed by atoms with E-state index in [9.17, 15) is 9.90 Å². The number of benzene rings is 2. The number of aliphatic hydroxyl groups excluding tert-OH is 1. The van der Waals surface area contributed by atoms with E-state index in [-0.39, 0.29) is 35.7 Å². The van der Waals surface area contributed by atoms with E-state index in [1.807, 2.05) is 60.4 Å². The first-order chi connectivity index (χ1) is 13.6. The lowest BCUT2D eigenvalue weighted by Gasteiger charge is -2.39. The van der Waals surface area contributed by atoms with Crippen LogP contribution in [0.4, 0.5) is 5.69 Å². The number of methoxy groups -OCH3 is 1. The molecule has 1 N–H and O–H groups in total. The van der Waals surface area contributed by atoms with Crippen LogP contribution in [0, 0.1) is 30.6 Å². The van der Waals surface area contributed by atoms with E-state index in [2.05, 4.69) is 0 Å². The highest BCUT2D eigenvalue weighted by Crippen LogP contribution is 2.70. The van der Waals surface area contributed by atoms with Gasteiger partial charge in [0.25, 0.3) is 0 Å². The van der Waals surface area contributed by atoms with Crippen LogP contribution in [-0.4, -0.2) is 30.3 Å². The molecular weight excluding hydrogens is 354 g/mol. The fourth-order valence-corrected chi connectivity index (χ4v) is 6.39. The summed E-state index contributed by atoms with van der Waals surface area (Å²) in [7, 11) is 1.64. The average molecular weight is 377 g/mol. The number of carbonyl (C=O) groups excluding carboxylic acids is 1. The van der Waals surface area contributed by atoms with Crippen molar-refractivity contribution in [3.8, 4) is 5.75 Å². The third-order valence-electron chi connectivity index (χ3n) is 7.45. The summed E-state index contributed by atoms with van der Waals surface area (Å²) in [6.07, 6.45) is 0.136. The minimum atomic E-state index is -0.856. The molecule has 1 amide bonds. The van der Waals surface area contributed by atoms with Gasteiger partial charge in [-0.15, -0.1) is 0 Å². The van der Waals surface area contributed by atoms with Crippen molar-refractivity contribution in [1.82, 2.24) is 0 Å². The molecule has 2 saturated carbocycles. The summed E-state index contributed by atoms with van der Waals surface area (Å²) in [5.41, 5.74) is 2.11. The number of aliphatic hydroxyl groups is 1. The summed E-state index contributed by atoms with van der Waals surface area (Å²) in [4.78, 5) is 15.5. The molecule has 4 fully saturated rings. The van der Waals surface area contributed by atoms with Crippen LogP contribution in [0.15, 0.2) is 48.5 Å². The van der Waals surface area contributed by atoms with E-state index in [1.165, 1.54) is 0 Å². The number of carbonyl (C=O) groups is 1. The molecule has 0 radical (unpaired) electrons. The zero-order valence-electron chi connectivity index (χ0n) is 15.9. The molecule has 2 aromatic rings. The largest absolute Gasteiger partial charge is 0.497 e. The third-order valence-corrected chi connectivity index (χ3v) is 7.45. The van der Waals surface area contributed by atoms with Gasteiger partial charge in [-0.05, 0) is 49.4 Å². The van der Waals surface area contributed by atoms with Gasteiger partial charge in [0, 0.05) is 17.2 Å². The molecule has 0 aromatic heterocycles. The van der Waals surface area contributed by atoms with Crippen LogP contribution in [0.25, 0.3) is 0 Å². The van der Waals surface area contributed by atoms with Crippen molar-refractivity contribution in [3.05, 3.63) is 59.7 Å². The molecule has 5 nitrogen and oxygen atoms in total. The normalized spacial score (nSPS) is 39.8. The lowest BCUT2D eigenvalue weighted by atomic mass is 9.75. The fourth-order valence-electron chi connectivity index (χ4n) is 6.39. The Hall–Kier alpha value is -2.37. The van der Waals surface area contributed by atoms with E-state index >= 15 is 0 Å². The molecule has 144 valence electrons. The van der Waals surface area contributed by atoms with Gasteiger partial charge in [0.1, 0.15) is 5.75 Å². The summed E-state index contributed by atoms with van der Waals surface area (Å²) in [6.45, 7) is 2.04. The molecule has 2 aromatic carbocycles. The Morgan fingerprint density at radius 1 is 1.11 bits per heavy atom. The highest BCUT2D eigenvalue weighted by molar-refractivity contribution is 6.00. The van der Waals surface area contributed by atoms with Crippen LogP contribution >= 0.6 is 0 Å². The zero-order valence-corrected chi connectivity index (χ0v) is 15.9. The van der Waals surface area contributed by atoms with Crippen molar-refractivity contribution in [1.29, 1.82) is 0 Å². The molecule has 2 aliphatic carbocycles. The van der Waals surface area contributed by atoms with Gasteiger partial charge in [0.2, 0.25) is 5.91 Å². The predicted molar refractivity (Wildman–Crippen MR) is 103 cm³/mol. The molecule has 7 unspecified atom stereocenters. The molecular formula is C23H23NO4. The molecule has 2 bridgehead atoms. The topological polar surface area (TPSA) is 59.0 Å². The lowest BCUT2D eigenvalue weighted by Crippen LogP contribution is -2.49. The second-order valence-electron chi connectivity index (χ2n) is 8.62. The first-order valence-electron chi connectivity index (χ1n) is 9.97. The van der Waals surface area contributed by atoms with Crippen molar-refractivity contribution in [2.24, 2.45) is 23.7 Å². The summed E-state index contributed by atoms with van der Waals surface area (Å²) < 4.78 is 12.0. The number of aryl methyl sites for hydroxylation is 1. The number of nitrogens with zero attached hydrogens (tertiary/aromatic N) is 1. The van der Waals surface area contributed by atoms with E-state index < -0.39 is 11.8 Å². The number of anilines is 1. The van der Waals surface area contributed by atoms with Crippen LogP contribution in [0.5, 0.6) is 5.75 Å². The second-order valence-corrected chi connectivity index (χ2v) is 8.62. The second kappa shape index (κ2) is 5.37. The lowest BCUT2D eigenvalue weighted by molar-refractivity contribution is -0.133. The Morgan fingerprint density at radius 2 is 1.82 bits per heavy atom. The average Bonchev–Trinajstić information content (AvgIpc) is 3.39. The maximum atomic E-state index is 13.7. The van der Waals surface area contributed by atoms with E-state index in [0.717, 1.165) is 29.0 Å². The summed E-state index contributed by atoms with van der Waals surface area (Å²) >= 11 is 0. The number of hydrogen-bond acceptors (Lipinski definition) is 4. The quantitative estimate of drug-likeness (QED) is 0.894. The molecule has 4 aliphatic rings. The molecule has 5 heteroatoms. The number of amides is 1. The summed E-state index contributed by atoms with van der Waals surface area (Å²) in [5, 5.41) is 10.8. The minimum absolute atomic E-state index is 0.00284. The van der Waals surface area contributed by atoms with E-state index in [4.69, 9.17) is 9.47 Å². The van der Waals surface area contributed by atoms with Crippen molar-refractivity contribution < 1.29 is 19.4 Å². The minimum Gasteiger partial charge on any atom is -0.497 e. The Bertz CT molecular complexity index is 956. The number of rotatable bonds is 3. The Labute approximate surface area is 163 Å². The fraction of sp³-hybridized carbons (Fsp3) is 0.435. The van der Waals surface area contributed by atoms with Crippen molar-refractivity contribution in [2.75, 3.05) is 12.0 Å². The van der Waals surface area contributed by atoms with Crippen LogP contribution in [-0.2, 0) is 15.3 Å². The zero-order chi connectivity index (χ0) is 19.2. The SMILES string of the molecule is COc1ccc(C23OC4C(O)C5CC4C2C5C(=O)N3c2ccc(C)cc2)cc1. The van der Waals surface area contributed by atoms with Gasteiger partial charge in [-0.3, -0.25) is 9.69 Å². The number of fused-ring (bicyclic) bond motifs is 2. The van der Waals surface area contributed by atoms with Crippen molar-refractivity contribution >= 4 is 11.6 Å². The van der Waals surface area contributed by atoms with Crippen LogP contribution in [0.3, 0.4) is 0 Å². The van der Waals surface area contributed by atoms with Crippen molar-refractivity contribution in [2.45, 2.75) is 31.3 Å². The smallest absolute Gasteiger partial charge is 0.233 e. The Balaban J connectivity index is 1.57. The van der Waals surface area contributed by atoms with E-state index in [0.29, 0.717) is 0 Å². The van der Waals surface area contributed by atoms with Gasteiger partial charge in [-0.2, -0.15) is 0 Å². The maximum absolute atomic E-state index is 13.7. The van der Waals surface area contributed by atoms with Gasteiger partial charge < -0.3 is 14.6 Å². The first kappa shape index (κ1) is 16.6. The van der Waals surface area contributed by atoms with Crippen LogP contribution in [0.2, 0.25) is 0 Å². The van der Waals surface area contributed by atoms with Gasteiger partial charge in [-0.1, -0.05) is 29.8 Å². The molecule has 2 aliphatic heterocycles. The Kier molecular flexibility index (Phi) is 3.18. The molecule has 2 heterocycles. The summed E-state index contributed by atoms with van der Waals surface area (Å²) in [6, 6.07) is 15.9. The molecule has 7 atom stereocenters. The van der Waals surface area contributed by atoms with Crippen LogP contribution < -0.4 is 9.64 Å². The van der Waals surface area contributed by atoms with E-state index in [1.54, 1.807) is 7.11 Å². The predicted octanol–water partition coefficient (Wildman–Crippen LogP) is 2.85. The number of hydrogen-bond donors (Lipinski definition) is 1. The van der Waals surface area contributed by atoms with Gasteiger partial charge >= 0.3 is 0 Å². The highest BCUT2D eigenvalue weighted by Gasteiger charge is 2.79. The molecule has 0 spiro atoms. The molecule has 6 rings (SSSR count). The highest BCUT2D eigenvalue weighted by atomic mass is 16.6.